The molecule has 13 heavy (non-hydrogen) atoms. The third-order valence-corrected chi connectivity index (χ3v) is 2.99. The average Bonchev–Trinajstić information content (AvgIpc) is 2.70. The van der Waals surface area contributed by atoms with E-state index in [2.05, 4.69) is 24.0 Å². The van der Waals surface area contributed by atoms with Crippen LogP contribution in [0.25, 0.3) is 0 Å². The minimum Gasteiger partial charge on any atom is -0.278 e. The molecule has 0 spiro atoms. The summed E-state index contributed by atoms with van der Waals surface area (Å²) in [6.07, 6.45) is 4.76. The van der Waals surface area contributed by atoms with Crippen LogP contribution in [0.2, 0.25) is 0 Å². The predicted octanol–water partition coefficient (Wildman–Crippen LogP) is 3.91. The van der Waals surface area contributed by atoms with Crippen LogP contribution in [0.1, 0.15) is 40.5 Å². The molecular weight excluding hydrogens is 177 g/mol. The molecule has 0 radical (unpaired) electrons. The molecule has 80 valence electrons. The van der Waals surface area contributed by atoms with E-state index in [1.165, 1.54) is 19.4 Å². The number of rotatable bonds is 2. The Kier molecular flexibility index (Phi) is 14.6. The molecule has 0 saturated carbocycles. The highest BCUT2D eigenvalue weighted by Gasteiger charge is 2.18. The largest absolute Gasteiger partial charge is 0.278 e. The summed E-state index contributed by atoms with van der Waals surface area (Å²) >= 11 is 0. The summed E-state index contributed by atoms with van der Waals surface area (Å²) < 4.78 is 2.49. The summed E-state index contributed by atoms with van der Waals surface area (Å²) in [6, 6.07) is 0.688. The molecular formula is C11H26NP. The van der Waals surface area contributed by atoms with Gasteiger partial charge in [0.1, 0.15) is 0 Å². The smallest absolute Gasteiger partial charge is 0.0310 e. The molecule has 1 rings (SSSR count). The fourth-order valence-electron chi connectivity index (χ4n) is 1.32. The highest BCUT2D eigenvalue weighted by molar-refractivity contribution is 7.34. The van der Waals surface area contributed by atoms with Gasteiger partial charge in [-0.2, -0.15) is 0 Å². The third-order valence-electron chi connectivity index (χ3n) is 1.86. The van der Waals surface area contributed by atoms with E-state index >= 15 is 0 Å². The second-order valence-corrected chi connectivity index (χ2v) is 3.38. The van der Waals surface area contributed by atoms with Crippen LogP contribution >= 0.6 is 8.73 Å². The van der Waals surface area contributed by atoms with Crippen molar-refractivity contribution in [3.8, 4) is 0 Å². The van der Waals surface area contributed by atoms with Crippen LogP contribution < -0.4 is 0 Å². The predicted molar refractivity (Wildman–Crippen MR) is 66.9 cm³/mol. The van der Waals surface area contributed by atoms with E-state index in [0.717, 1.165) is 8.73 Å². The van der Waals surface area contributed by atoms with Gasteiger partial charge in [-0.05, 0) is 19.5 Å². The first kappa shape index (κ1) is 15.6. The topological polar surface area (TPSA) is 3.24 Å². The van der Waals surface area contributed by atoms with Crippen LogP contribution in [0, 0.1) is 0 Å². The molecule has 0 aromatic heterocycles. The molecule has 0 amide bonds. The summed E-state index contributed by atoms with van der Waals surface area (Å²) in [5.74, 6) is 0. The monoisotopic (exact) mass is 203 g/mol. The molecule has 1 aliphatic heterocycles. The summed E-state index contributed by atoms with van der Waals surface area (Å²) in [6.45, 7) is 15.3. The van der Waals surface area contributed by atoms with Gasteiger partial charge in [0.05, 0.1) is 0 Å². The zero-order valence-corrected chi connectivity index (χ0v) is 10.9. The number of hydrogen-bond acceptors (Lipinski definition) is 1. The summed E-state index contributed by atoms with van der Waals surface area (Å²) in [4.78, 5) is 0. The fourth-order valence-corrected chi connectivity index (χ4v) is 2.26. The van der Waals surface area contributed by atoms with Crippen molar-refractivity contribution in [3.63, 3.8) is 0 Å². The van der Waals surface area contributed by atoms with Gasteiger partial charge in [0.2, 0.25) is 0 Å². The van der Waals surface area contributed by atoms with Crippen LogP contribution in [0.3, 0.4) is 0 Å². The second kappa shape index (κ2) is 12.1. The van der Waals surface area contributed by atoms with Crippen LogP contribution in [-0.2, 0) is 0 Å². The van der Waals surface area contributed by atoms with Crippen molar-refractivity contribution in [2.24, 2.45) is 0 Å². The van der Waals surface area contributed by atoms with Gasteiger partial charge < -0.3 is 0 Å². The highest BCUT2D eigenvalue weighted by atomic mass is 31.1. The zero-order chi connectivity index (χ0) is 10.7. The molecule has 0 bridgehead atoms. The molecule has 1 nitrogen and oxygen atoms in total. The third kappa shape index (κ3) is 6.23. The van der Waals surface area contributed by atoms with Crippen molar-refractivity contribution in [2.75, 3.05) is 13.2 Å². The summed E-state index contributed by atoms with van der Waals surface area (Å²) in [5.41, 5.74) is 0. The molecule has 2 atom stereocenters. The van der Waals surface area contributed by atoms with E-state index in [9.17, 15) is 0 Å². The first-order valence-corrected chi connectivity index (χ1v) is 6.90. The molecule has 0 aromatic carbocycles. The number of nitrogens with zero attached hydrogens (tertiary/aromatic N) is 1. The van der Waals surface area contributed by atoms with Gasteiger partial charge in [-0.1, -0.05) is 42.5 Å². The lowest BCUT2D eigenvalue weighted by Gasteiger charge is -2.18. The van der Waals surface area contributed by atoms with Crippen LogP contribution in [0.5, 0.6) is 0 Å². The molecule has 1 aliphatic rings. The maximum absolute atomic E-state index is 3.80. The van der Waals surface area contributed by atoms with Crippen molar-refractivity contribution in [3.05, 3.63) is 12.7 Å². The van der Waals surface area contributed by atoms with Gasteiger partial charge in [0.15, 0.2) is 0 Å². The Bertz CT molecular complexity index is 104. The summed E-state index contributed by atoms with van der Waals surface area (Å²) in [7, 11) is 0.961. The molecule has 1 fully saturated rings. The van der Waals surface area contributed by atoms with E-state index in [1.807, 2.05) is 27.7 Å². The maximum Gasteiger partial charge on any atom is 0.0310 e. The van der Waals surface area contributed by atoms with Crippen LogP contribution in [0.15, 0.2) is 12.7 Å². The Balaban J connectivity index is 0. The Morgan fingerprint density at radius 1 is 1.31 bits per heavy atom. The van der Waals surface area contributed by atoms with Crippen molar-refractivity contribution in [1.29, 1.82) is 0 Å². The van der Waals surface area contributed by atoms with Gasteiger partial charge >= 0.3 is 0 Å². The zero-order valence-electron chi connectivity index (χ0n) is 9.93. The molecule has 0 aromatic rings. The maximum atomic E-state index is 3.80. The van der Waals surface area contributed by atoms with E-state index in [-0.39, 0.29) is 0 Å². The lowest BCUT2D eigenvalue weighted by Crippen LogP contribution is -2.17. The quantitative estimate of drug-likeness (QED) is 0.486. The Morgan fingerprint density at radius 3 is 2.15 bits per heavy atom. The van der Waals surface area contributed by atoms with Crippen molar-refractivity contribution in [1.82, 2.24) is 4.67 Å². The SMILES string of the molecule is C=CC1CCCN1PC.CC.CC. The first-order chi connectivity index (χ1) is 6.38. The Morgan fingerprint density at radius 2 is 1.85 bits per heavy atom. The Labute approximate surface area is 86.4 Å². The first-order valence-electron chi connectivity index (χ1n) is 5.45. The minimum absolute atomic E-state index is 0.688. The Hall–Kier alpha value is 0.130. The molecule has 1 heterocycles. The second-order valence-electron chi connectivity index (χ2n) is 2.36. The lowest BCUT2D eigenvalue weighted by atomic mass is 10.2. The molecule has 2 unspecified atom stereocenters. The van der Waals surface area contributed by atoms with Gasteiger partial charge in [0.25, 0.3) is 0 Å². The van der Waals surface area contributed by atoms with Gasteiger partial charge in [-0.3, -0.25) is 4.67 Å². The van der Waals surface area contributed by atoms with Gasteiger partial charge in [0, 0.05) is 12.6 Å². The highest BCUT2D eigenvalue weighted by Crippen LogP contribution is 2.27. The molecule has 1 saturated heterocycles. The van der Waals surface area contributed by atoms with Crippen molar-refractivity contribution < 1.29 is 0 Å². The van der Waals surface area contributed by atoms with E-state index in [1.54, 1.807) is 0 Å². The minimum atomic E-state index is 0.688. The summed E-state index contributed by atoms with van der Waals surface area (Å²) in [5, 5.41) is 0. The van der Waals surface area contributed by atoms with E-state index in [0.29, 0.717) is 6.04 Å². The molecule has 0 N–H and O–H groups in total. The number of hydrogen-bond donors (Lipinski definition) is 0. The lowest BCUT2D eigenvalue weighted by molar-refractivity contribution is 0.499. The van der Waals surface area contributed by atoms with Crippen LogP contribution in [-0.4, -0.2) is 23.9 Å². The van der Waals surface area contributed by atoms with Crippen LogP contribution in [0.4, 0.5) is 0 Å². The average molecular weight is 203 g/mol. The van der Waals surface area contributed by atoms with E-state index < -0.39 is 0 Å². The van der Waals surface area contributed by atoms with E-state index in [4.69, 9.17) is 0 Å². The van der Waals surface area contributed by atoms with Gasteiger partial charge in [-0.15, -0.1) is 6.58 Å². The van der Waals surface area contributed by atoms with Gasteiger partial charge in [-0.25, -0.2) is 0 Å². The van der Waals surface area contributed by atoms with Crippen molar-refractivity contribution in [2.45, 2.75) is 46.6 Å². The fraction of sp³-hybridized carbons (Fsp3) is 0.818. The van der Waals surface area contributed by atoms with Crippen molar-refractivity contribution >= 4 is 8.73 Å². The normalized spacial score (nSPS) is 21.8. The molecule has 2 heteroatoms. The molecule has 0 aliphatic carbocycles. The standard InChI is InChI=1S/C7H14NP.2C2H6/c1-3-7-5-4-6-8(7)9-2;2*1-2/h3,7,9H,1,4-6H2,2H3;2*1-2H3.